The third-order valence-electron chi connectivity index (χ3n) is 0.991. The van der Waals surface area contributed by atoms with E-state index in [0.717, 1.165) is 6.07 Å². The van der Waals surface area contributed by atoms with Crippen LogP contribution in [-0.4, -0.2) is 26.5 Å². The van der Waals surface area contributed by atoms with Gasteiger partial charge in [-0.2, -0.15) is 0 Å². The molecule has 0 radical (unpaired) electrons. The predicted octanol–water partition coefficient (Wildman–Crippen LogP) is -4.41. The maximum absolute atomic E-state index is 10.5. The number of hydrogen-bond acceptors (Lipinski definition) is 4. The Morgan fingerprint density at radius 1 is 1.31 bits per heavy atom. The van der Waals surface area contributed by atoms with E-state index in [2.05, 4.69) is 0 Å². The van der Waals surface area contributed by atoms with Gasteiger partial charge in [-0.25, -0.2) is 9.59 Å². The second kappa shape index (κ2) is 5.70. The van der Waals surface area contributed by atoms with Gasteiger partial charge in [-0.3, -0.25) is 9.78 Å². The molecule has 0 saturated carbocycles. The van der Waals surface area contributed by atoms with Crippen molar-refractivity contribution < 1.29 is 44.9 Å². The zero-order valence-corrected chi connectivity index (χ0v) is 8.70. The second-order valence-corrected chi connectivity index (χ2v) is 1.81. The number of H-pyrrole nitrogens is 2. The quantitative estimate of drug-likeness (QED) is 0.390. The van der Waals surface area contributed by atoms with E-state index in [1.807, 2.05) is 9.97 Å². The number of nitrogens with one attached hydrogen (secondary N) is 2. The summed E-state index contributed by atoms with van der Waals surface area (Å²) >= 11 is 0. The van der Waals surface area contributed by atoms with E-state index in [0.29, 0.717) is 0 Å². The van der Waals surface area contributed by atoms with Gasteiger partial charge in [0, 0.05) is 6.07 Å². The van der Waals surface area contributed by atoms with Gasteiger partial charge in [-0.05, 0) is 0 Å². The molecule has 0 bridgehead atoms. The van der Waals surface area contributed by atoms with Gasteiger partial charge in [0.25, 0.3) is 5.56 Å². The van der Waals surface area contributed by atoms with Crippen molar-refractivity contribution in [1.82, 2.24) is 9.97 Å². The normalized spacial score (nSPS) is 8.00. The molecule has 0 unspecified atom stereocenters. The van der Waals surface area contributed by atoms with Crippen LogP contribution < -0.4 is 40.8 Å². The molecule has 1 rings (SSSR count). The summed E-state index contributed by atoms with van der Waals surface area (Å²) in [4.78, 5) is 34.9. The Labute approximate surface area is 93.4 Å². The van der Waals surface area contributed by atoms with E-state index in [1.165, 1.54) is 0 Å². The molecule has 0 amide bonds. The Kier molecular flexibility index (Phi) is 6.42. The molecule has 0 spiro atoms. The second-order valence-electron chi connectivity index (χ2n) is 1.81. The summed E-state index contributed by atoms with van der Waals surface area (Å²) in [7, 11) is 0. The SMILES string of the molecule is O=C(O)c1cc(=O)[nH]c(=O)[nH]1.[Na+].[OH-]. The van der Waals surface area contributed by atoms with Crippen LogP contribution in [0.1, 0.15) is 10.5 Å². The fourth-order valence-corrected chi connectivity index (χ4v) is 0.584. The maximum atomic E-state index is 10.5. The molecule has 13 heavy (non-hydrogen) atoms. The van der Waals surface area contributed by atoms with Crippen LogP contribution in [0, 0.1) is 0 Å². The fraction of sp³-hybridized carbons (Fsp3) is 0. The number of carbonyl (C=O) groups is 1. The van der Waals surface area contributed by atoms with Gasteiger partial charge in [-0.15, -0.1) is 0 Å². The number of carboxylic acids is 1. The Morgan fingerprint density at radius 3 is 2.23 bits per heavy atom. The maximum Gasteiger partial charge on any atom is 1.00 e. The first-order valence-electron chi connectivity index (χ1n) is 2.66. The van der Waals surface area contributed by atoms with Crippen LogP contribution >= 0.6 is 0 Å². The standard InChI is InChI=1S/C5H4N2O4.Na.H2O/c8-3-1-2(4(9)10)6-5(11)7-3;;/h1H,(H,9,10)(H2,6,7,8,11);;1H2/q;+1;/p-1. The molecule has 1 aromatic heterocycles. The van der Waals surface area contributed by atoms with Crippen LogP contribution in [-0.2, 0) is 0 Å². The molecule has 0 fully saturated rings. The van der Waals surface area contributed by atoms with Crippen molar-refractivity contribution in [3.8, 4) is 0 Å². The summed E-state index contributed by atoms with van der Waals surface area (Å²) < 4.78 is 0. The summed E-state index contributed by atoms with van der Waals surface area (Å²) in [6.07, 6.45) is 0. The van der Waals surface area contributed by atoms with Crippen molar-refractivity contribution in [3.63, 3.8) is 0 Å². The first-order valence-corrected chi connectivity index (χ1v) is 2.66. The van der Waals surface area contributed by atoms with Crippen LogP contribution in [0.25, 0.3) is 0 Å². The number of hydrogen-bond donors (Lipinski definition) is 3. The van der Waals surface area contributed by atoms with Gasteiger partial charge in [0.05, 0.1) is 0 Å². The molecule has 1 heterocycles. The molecule has 0 aromatic carbocycles. The zero-order valence-electron chi connectivity index (χ0n) is 6.70. The molecule has 4 N–H and O–H groups in total. The Balaban J connectivity index is 0. The van der Waals surface area contributed by atoms with Crippen LogP contribution in [0.4, 0.5) is 0 Å². The van der Waals surface area contributed by atoms with Crippen molar-refractivity contribution in [1.29, 1.82) is 0 Å². The molecule has 0 saturated heterocycles. The Bertz CT molecular complexity index is 366. The minimum absolute atomic E-state index is 0. The molecule has 0 aliphatic rings. The van der Waals surface area contributed by atoms with Crippen molar-refractivity contribution in [3.05, 3.63) is 32.6 Å². The number of aromatic nitrogens is 2. The van der Waals surface area contributed by atoms with E-state index in [9.17, 15) is 14.4 Å². The molecule has 7 nitrogen and oxygen atoms in total. The average molecular weight is 196 g/mol. The minimum Gasteiger partial charge on any atom is -0.870 e. The van der Waals surface area contributed by atoms with Crippen LogP contribution in [0.3, 0.4) is 0 Å². The van der Waals surface area contributed by atoms with E-state index in [1.54, 1.807) is 0 Å². The van der Waals surface area contributed by atoms with Crippen molar-refractivity contribution >= 4 is 5.97 Å². The molecule has 0 atom stereocenters. The van der Waals surface area contributed by atoms with Gasteiger partial charge >= 0.3 is 41.2 Å². The van der Waals surface area contributed by atoms with Gasteiger partial charge in [-0.1, -0.05) is 0 Å². The van der Waals surface area contributed by atoms with Gasteiger partial charge in [0.2, 0.25) is 0 Å². The number of aromatic amines is 2. The van der Waals surface area contributed by atoms with Crippen LogP contribution in [0.2, 0.25) is 0 Å². The summed E-state index contributed by atoms with van der Waals surface area (Å²) in [5.41, 5.74) is -1.97. The smallest absolute Gasteiger partial charge is 0.870 e. The first-order chi connectivity index (χ1) is 5.09. The number of rotatable bonds is 1. The Morgan fingerprint density at radius 2 is 1.85 bits per heavy atom. The Hall–Kier alpha value is -0.890. The van der Waals surface area contributed by atoms with Gasteiger partial charge in [0.15, 0.2) is 0 Å². The van der Waals surface area contributed by atoms with Crippen LogP contribution in [0.5, 0.6) is 0 Å². The first kappa shape index (κ1) is 14.6. The zero-order chi connectivity index (χ0) is 8.43. The largest absolute Gasteiger partial charge is 1.00 e. The van der Waals surface area contributed by atoms with Crippen molar-refractivity contribution in [2.24, 2.45) is 0 Å². The van der Waals surface area contributed by atoms with E-state index < -0.39 is 22.9 Å². The van der Waals surface area contributed by atoms with Gasteiger partial charge < -0.3 is 15.6 Å². The fourth-order valence-electron chi connectivity index (χ4n) is 0.584. The van der Waals surface area contributed by atoms with E-state index >= 15 is 0 Å². The molecular weight excluding hydrogens is 191 g/mol. The summed E-state index contributed by atoms with van der Waals surface area (Å²) in [6, 6.07) is 0.795. The molecule has 0 aliphatic carbocycles. The third kappa shape index (κ3) is 4.04. The minimum atomic E-state index is -1.34. The topological polar surface area (TPSA) is 133 Å². The summed E-state index contributed by atoms with van der Waals surface area (Å²) in [6.45, 7) is 0. The predicted molar refractivity (Wildman–Crippen MR) is 36.6 cm³/mol. The monoisotopic (exact) mass is 196 g/mol. The molecule has 66 valence electrons. The number of carboxylic acid groups (broad SMARTS) is 1. The molecule has 8 heteroatoms. The van der Waals surface area contributed by atoms with Crippen molar-refractivity contribution in [2.75, 3.05) is 0 Å². The van der Waals surface area contributed by atoms with E-state index in [4.69, 9.17) is 5.11 Å². The average Bonchev–Trinajstić information content (AvgIpc) is 1.85. The summed E-state index contributed by atoms with van der Waals surface area (Å²) in [5, 5.41) is 8.31. The number of aromatic carboxylic acids is 1. The van der Waals surface area contributed by atoms with Crippen molar-refractivity contribution in [2.45, 2.75) is 0 Å². The molecular formula is C5H5N2NaO5. The van der Waals surface area contributed by atoms with Gasteiger partial charge in [0.1, 0.15) is 5.69 Å². The summed E-state index contributed by atoms with van der Waals surface area (Å²) in [5.74, 6) is -1.34. The molecule has 0 aliphatic heterocycles. The van der Waals surface area contributed by atoms with Crippen LogP contribution in [0.15, 0.2) is 15.7 Å². The van der Waals surface area contributed by atoms with E-state index in [-0.39, 0.29) is 35.0 Å². The third-order valence-corrected chi connectivity index (χ3v) is 0.991. The molecule has 1 aromatic rings.